The van der Waals surface area contributed by atoms with Gasteiger partial charge < -0.3 is 19.9 Å². The summed E-state index contributed by atoms with van der Waals surface area (Å²) < 4.78 is 15.9. The molecule has 2 heterocycles. The summed E-state index contributed by atoms with van der Waals surface area (Å²) in [5.74, 6) is 0.998. The minimum absolute atomic E-state index is 0.142. The van der Waals surface area contributed by atoms with E-state index < -0.39 is 5.97 Å². The van der Waals surface area contributed by atoms with Crippen molar-refractivity contribution >= 4 is 5.97 Å². The summed E-state index contributed by atoms with van der Waals surface area (Å²) >= 11 is 0. The number of rotatable bonds is 3. The van der Waals surface area contributed by atoms with Crippen molar-refractivity contribution in [3.63, 3.8) is 0 Å². The van der Waals surface area contributed by atoms with Gasteiger partial charge in [-0.3, -0.25) is 4.98 Å². The Morgan fingerprint density at radius 3 is 2.78 bits per heavy atom. The maximum Gasteiger partial charge on any atom is 0.339 e. The lowest BCUT2D eigenvalue weighted by atomic mass is 9.95. The van der Waals surface area contributed by atoms with Crippen LogP contribution in [0.2, 0.25) is 0 Å². The number of hydrogen-bond acceptors (Lipinski definition) is 6. The van der Waals surface area contributed by atoms with Gasteiger partial charge in [0, 0.05) is 30.3 Å². The van der Waals surface area contributed by atoms with E-state index in [1.807, 2.05) is 18.2 Å². The molecule has 2 N–H and O–H groups in total. The molecule has 6 nitrogen and oxygen atoms in total. The molecule has 6 heteroatoms. The second-order valence-electron chi connectivity index (χ2n) is 5.32. The first-order chi connectivity index (χ1) is 11.1. The zero-order valence-electron chi connectivity index (χ0n) is 13.0. The Balaban J connectivity index is 1.85. The number of aromatic nitrogens is 1. The van der Waals surface area contributed by atoms with E-state index in [4.69, 9.17) is 15.2 Å². The molecule has 0 saturated heterocycles. The number of benzene rings is 1. The van der Waals surface area contributed by atoms with Crippen molar-refractivity contribution in [2.75, 3.05) is 14.2 Å². The molecule has 1 aliphatic rings. The Morgan fingerprint density at radius 1 is 1.30 bits per heavy atom. The molecule has 23 heavy (non-hydrogen) atoms. The number of ether oxygens (including phenoxy) is 3. The van der Waals surface area contributed by atoms with Crippen LogP contribution >= 0.6 is 0 Å². The van der Waals surface area contributed by atoms with Gasteiger partial charge in [0.25, 0.3) is 0 Å². The number of fused-ring (bicyclic) bond motifs is 1. The Hall–Kier alpha value is -2.60. The van der Waals surface area contributed by atoms with Gasteiger partial charge in [-0.2, -0.15) is 0 Å². The van der Waals surface area contributed by atoms with Crippen molar-refractivity contribution in [2.45, 2.75) is 18.6 Å². The minimum Gasteiger partial charge on any atom is -0.497 e. The second-order valence-corrected chi connectivity index (χ2v) is 5.32. The van der Waals surface area contributed by atoms with Crippen LogP contribution in [0.5, 0.6) is 11.5 Å². The molecule has 1 aromatic heterocycles. The lowest BCUT2D eigenvalue weighted by molar-refractivity contribution is 0.0600. The van der Waals surface area contributed by atoms with E-state index in [9.17, 15) is 4.79 Å². The lowest BCUT2D eigenvalue weighted by Gasteiger charge is -2.30. The third-order valence-electron chi connectivity index (χ3n) is 3.89. The largest absolute Gasteiger partial charge is 0.497 e. The molecule has 0 bridgehead atoms. The van der Waals surface area contributed by atoms with Crippen LogP contribution < -0.4 is 15.2 Å². The van der Waals surface area contributed by atoms with Crippen molar-refractivity contribution < 1.29 is 19.0 Å². The van der Waals surface area contributed by atoms with Crippen LogP contribution in [0.1, 0.15) is 40.2 Å². The highest BCUT2D eigenvalue weighted by atomic mass is 16.5. The standard InChI is InChI=1S/C17H18N2O4/c1-21-11-4-5-12-13(18)8-16(23-15(12)7-11)14-6-3-10(9-19-14)17(20)22-2/h3-7,9,13,16H,8,18H2,1-2H3/t13-,16-/m1/s1. The molecule has 0 amide bonds. The number of methoxy groups -OCH3 is 2. The predicted octanol–water partition coefficient (Wildman–Crippen LogP) is 2.40. The highest BCUT2D eigenvalue weighted by molar-refractivity contribution is 5.88. The van der Waals surface area contributed by atoms with Crippen LogP contribution in [-0.4, -0.2) is 25.2 Å². The first kappa shape index (κ1) is 15.3. The fourth-order valence-electron chi connectivity index (χ4n) is 2.62. The number of nitrogens with two attached hydrogens (primary N) is 1. The summed E-state index contributed by atoms with van der Waals surface area (Å²) in [5.41, 5.74) is 8.32. The quantitative estimate of drug-likeness (QED) is 0.876. The zero-order chi connectivity index (χ0) is 16.4. The number of carbonyl (C=O) groups excluding carboxylic acids is 1. The average Bonchev–Trinajstić information content (AvgIpc) is 2.60. The minimum atomic E-state index is -0.416. The van der Waals surface area contributed by atoms with Crippen molar-refractivity contribution in [1.82, 2.24) is 4.98 Å². The maximum atomic E-state index is 11.5. The fraction of sp³-hybridized carbons (Fsp3) is 0.294. The molecule has 0 saturated carbocycles. The highest BCUT2D eigenvalue weighted by Crippen LogP contribution is 2.40. The van der Waals surface area contributed by atoms with Crippen LogP contribution in [0.15, 0.2) is 36.5 Å². The van der Waals surface area contributed by atoms with Crippen LogP contribution in [0.25, 0.3) is 0 Å². The van der Waals surface area contributed by atoms with Gasteiger partial charge in [-0.25, -0.2) is 4.79 Å². The van der Waals surface area contributed by atoms with Gasteiger partial charge in [0.15, 0.2) is 0 Å². The van der Waals surface area contributed by atoms with Crippen LogP contribution in [0.4, 0.5) is 0 Å². The third-order valence-corrected chi connectivity index (χ3v) is 3.89. The van der Waals surface area contributed by atoms with Crippen molar-refractivity contribution in [3.05, 3.63) is 53.3 Å². The van der Waals surface area contributed by atoms with Crippen molar-refractivity contribution in [1.29, 1.82) is 0 Å². The van der Waals surface area contributed by atoms with Crippen molar-refractivity contribution in [2.24, 2.45) is 5.73 Å². The second kappa shape index (κ2) is 6.26. The molecule has 2 atom stereocenters. The number of carbonyl (C=O) groups is 1. The topological polar surface area (TPSA) is 83.7 Å². The van der Waals surface area contributed by atoms with Crippen LogP contribution in [0, 0.1) is 0 Å². The molecular formula is C17H18N2O4. The predicted molar refractivity (Wildman–Crippen MR) is 83.5 cm³/mol. The molecule has 0 aliphatic carbocycles. The molecule has 0 unspecified atom stereocenters. The Morgan fingerprint density at radius 2 is 2.13 bits per heavy atom. The smallest absolute Gasteiger partial charge is 0.339 e. The lowest BCUT2D eigenvalue weighted by Crippen LogP contribution is -2.24. The molecule has 2 aromatic rings. The van der Waals surface area contributed by atoms with Crippen LogP contribution in [-0.2, 0) is 4.74 Å². The van der Waals surface area contributed by atoms with E-state index in [0.717, 1.165) is 11.3 Å². The first-order valence-electron chi connectivity index (χ1n) is 7.27. The van der Waals surface area contributed by atoms with Gasteiger partial charge >= 0.3 is 5.97 Å². The van der Waals surface area contributed by atoms with Gasteiger partial charge in [-0.15, -0.1) is 0 Å². The van der Waals surface area contributed by atoms with E-state index in [2.05, 4.69) is 9.72 Å². The van der Waals surface area contributed by atoms with Crippen molar-refractivity contribution in [3.8, 4) is 11.5 Å². The Bertz CT molecular complexity index is 715. The van der Waals surface area contributed by atoms with Crippen LogP contribution in [0.3, 0.4) is 0 Å². The van der Waals surface area contributed by atoms with Gasteiger partial charge in [-0.05, 0) is 18.2 Å². The van der Waals surface area contributed by atoms with Gasteiger partial charge in [0.1, 0.15) is 17.6 Å². The molecule has 0 radical (unpaired) electrons. The number of pyridine rings is 1. The SMILES string of the molecule is COC(=O)c1ccc([C@H]2C[C@@H](N)c3ccc(OC)cc3O2)nc1. The summed E-state index contributed by atoms with van der Waals surface area (Å²) in [6.45, 7) is 0. The summed E-state index contributed by atoms with van der Waals surface area (Å²) in [6, 6.07) is 8.90. The molecule has 3 rings (SSSR count). The van der Waals surface area contributed by atoms with E-state index in [-0.39, 0.29) is 12.1 Å². The summed E-state index contributed by atoms with van der Waals surface area (Å²) in [4.78, 5) is 15.8. The first-order valence-corrected chi connectivity index (χ1v) is 7.27. The summed E-state index contributed by atoms with van der Waals surface area (Å²) in [5, 5.41) is 0. The summed E-state index contributed by atoms with van der Waals surface area (Å²) in [7, 11) is 2.94. The molecule has 120 valence electrons. The van der Waals surface area contributed by atoms with E-state index in [1.165, 1.54) is 13.3 Å². The van der Waals surface area contributed by atoms with E-state index in [1.54, 1.807) is 19.2 Å². The monoisotopic (exact) mass is 314 g/mol. The maximum absolute atomic E-state index is 11.5. The third kappa shape index (κ3) is 2.98. The molecule has 0 spiro atoms. The number of hydrogen-bond donors (Lipinski definition) is 1. The van der Waals surface area contributed by atoms with Gasteiger partial charge in [0.05, 0.1) is 25.5 Å². The average molecular weight is 314 g/mol. The molecular weight excluding hydrogens is 296 g/mol. The Kier molecular flexibility index (Phi) is 4.16. The highest BCUT2D eigenvalue weighted by Gasteiger charge is 2.28. The normalized spacial score (nSPS) is 19.4. The number of nitrogens with zero attached hydrogens (tertiary/aromatic N) is 1. The van der Waals surface area contributed by atoms with Gasteiger partial charge in [-0.1, -0.05) is 6.07 Å². The molecule has 1 aromatic carbocycles. The van der Waals surface area contributed by atoms with E-state index >= 15 is 0 Å². The summed E-state index contributed by atoms with van der Waals surface area (Å²) in [6.07, 6.45) is 1.83. The zero-order valence-corrected chi connectivity index (χ0v) is 13.0. The number of esters is 1. The molecule has 1 aliphatic heterocycles. The van der Waals surface area contributed by atoms with E-state index in [0.29, 0.717) is 23.5 Å². The fourth-order valence-corrected chi connectivity index (χ4v) is 2.62. The van der Waals surface area contributed by atoms with Gasteiger partial charge in [0.2, 0.25) is 0 Å². The molecule has 0 fully saturated rings. The Labute approximate surface area is 134 Å².